The van der Waals surface area contributed by atoms with Gasteiger partial charge in [0.25, 0.3) is 0 Å². The molecule has 1 aliphatic heterocycles. The first-order chi connectivity index (χ1) is 10.8. The Kier molecular flexibility index (Phi) is 3.21. The number of nitrogens with zero attached hydrogens (tertiary/aromatic N) is 5. The van der Waals surface area contributed by atoms with Crippen molar-refractivity contribution in [2.24, 2.45) is 0 Å². The molecule has 1 saturated heterocycles. The number of rotatable bonds is 2. The fraction of sp³-hybridized carbons (Fsp3) is 0.375. The van der Waals surface area contributed by atoms with Gasteiger partial charge in [-0.05, 0) is 31.4 Å². The highest BCUT2D eigenvalue weighted by Crippen LogP contribution is 2.28. The largest absolute Gasteiger partial charge is 0.342 e. The van der Waals surface area contributed by atoms with Crippen LogP contribution >= 0.6 is 0 Å². The maximum Gasteiger partial charge on any atom is 0.228 e. The van der Waals surface area contributed by atoms with Gasteiger partial charge in [0.15, 0.2) is 0 Å². The number of hydrogen-bond donors (Lipinski definition) is 1. The van der Waals surface area contributed by atoms with Gasteiger partial charge in [0.2, 0.25) is 5.95 Å². The minimum absolute atomic E-state index is 0.386. The number of fused-ring (bicyclic) bond motifs is 1. The van der Waals surface area contributed by atoms with Gasteiger partial charge in [-0.2, -0.15) is 0 Å². The van der Waals surface area contributed by atoms with Crippen LogP contribution in [0.25, 0.3) is 11.0 Å². The van der Waals surface area contributed by atoms with Crippen LogP contribution in [0.4, 0.5) is 5.95 Å². The molecule has 1 N–H and O–H groups in total. The lowest BCUT2D eigenvalue weighted by atomic mass is 9.98. The molecule has 112 valence electrons. The van der Waals surface area contributed by atoms with Crippen molar-refractivity contribution in [2.75, 3.05) is 18.0 Å². The molecule has 0 radical (unpaired) electrons. The first-order valence-electron chi connectivity index (χ1n) is 7.63. The maximum atomic E-state index is 4.83. The molecular weight excluding hydrogens is 276 g/mol. The van der Waals surface area contributed by atoms with E-state index in [1.807, 2.05) is 0 Å². The first-order valence-corrected chi connectivity index (χ1v) is 7.63. The third-order valence-electron chi connectivity index (χ3n) is 4.30. The van der Waals surface area contributed by atoms with E-state index in [-0.39, 0.29) is 0 Å². The Hall–Kier alpha value is -2.50. The molecule has 1 aromatic carbocycles. The number of para-hydroxylation sites is 1. The molecule has 0 unspecified atom stereocenters. The molecule has 0 spiro atoms. The molecule has 6 heteroatoms. The van der Waals surface area contributed by atoms with Gasteiger partial charge in [-0.15, -0.1) is 0 Å². The Morgan fingerprint density at radius 2 is 2.09 bits per heavy atom. The van der Waals surface area contributed by atoms with Crippen molar-refractivity contribution in [3.8, 4) is 0 Å². The van der Waals surface area contributed by atoms with Crippen LogP contribution in [0.3, 0.4) is 0 Å². The summed E-state index contributed by atoms with van der Waals surface area (Å²) in [5.41, 5.74) is 3.41. The van der Waals surface area contributed by atoms with E-state index in [0.29, 0.717) is 5.92 Å². The fourth-order valence-corrected chi connectivity index (χ4v) is 3.17. The van der Waals surface area contributed by atoms with Crippen LogP contribution in [0, 0.1) is 6.92 Å². The highest BCUT2D eigenvalue weighted by molar-refractivity contribution is 5.78. The van der Waals surface area contributed by atoms with E-state index < -0.39 is 0 Å². The normalized spacial score (nSPS) is 18.8. The Labute approximate surface area is 128 Å². The summed E-state index contributed by atoms with van der Waals surface area (Å²) in [5, 5.41) is 0. The average Bonchev–Trinajstić information content (AvgIpc) is 3.02. The lowest BCUT2D eigenvalue weighted by Crippen LogP contribution is -2.35. The van der Waals surface area contributed by atoms with Crippen LogP contribution in [0.2, 0.25) is 0 Å². The van der Waals surface area contributed by atoms with Crippen molar-refractivity contribution >= 4 is 17.0 Å². The SMILES string of the molecule is Cc1cccc2[nH]c([C@@H]3CCCN(c4ncncn4)C3)nc12. The van der Waals surface area contributed by atoms with Crippen LogP contribution in [-0.2, 0) is 0 Å². The van der Waals surface area contributed by atoms with E-state index in [2.05, 4.69) is 50.0 Å². The second kappa shape index (κ2) is 5.36. The molecule has 0 aliphatic carbocycles. The summed E-state index contributed by atoms with van der Waals surface area (Å²) in [6.45, 7) is 3.98. The summed E-state index contributed by atoms with van der Waals surface area (Å²) >= 11 is 0. The number of aromatic amines is 1. The summed E-state index contributed by atoms with van der Waals surface area (Å²) in [6.07, 6.45) is 5.36. The van der Waals surface area contributed by atoms with E-state index >= 15 is 0 Å². The zero-order chi connectivity index (χ0) is 14.9. The maximum absolute atomic E-state index is 4.83. The van der Waals surface area contributed by atoms with Gasteiger partial charge in [0.05, 0.1) is 11.0 Å². The first kappa shape index (κ1) is 13.2. The van der Waals surface area contributed by atoms with Crippen molar-refractivity contribution in [2.45, 2.75) is 25.7 Å². The number of nitrogens with one attached hydrogen (secondary N) is 1. The topological polar surface area (TPSA) is 70.6 Å². The van der Waals surface area contributed by atoms with E-state index in [1.165, 1.54) is 5.56 Å². The van der Waals surface area contributed by atoms with Crippen molar-refractivity contribution in [1.29, 1.82) is 0 Å². The Morgan fingerprint density at radius 3 is 2.91 bits per heavy atom. The van der Waals surface area contributed by atoms with Crippen LogP contribution in [0.15, 0.2) is 30.9 Å². The Morgan fingerprint density at radius 1 is 1.23 bits per heavy atom. The molecule has 0 amide bonds. The number of H-pyrrole nitrogens is 1. The molecule has 6 nitrogen and oxygen atoms in total. The zero-order valence-corrected chi connectivity index (χ0v) is 12.5. The standard InChI is InChI=1S/C16H18N6/c1-11-4-2-6-13-14(11)21-15(20-13)12-5-3-7-22(8-12)16-18-9-17-10-19-16/h2,4,6,9-10,12H,3,5,7-8H2,1H3,(H,20,21)/t12-/m1/s1. The quantitative estimate of drug-likeness (QED) is 0.786. The number of benzene rings is 1. The smallest absolute Gasteiger partial charge is 0.228 e. The summed E-state index contributed by atoms with van der Waals surface area (Å²) in [6, 6.07) is 6.26. The minimum atomic E-state index is 0.386. The highest BCUT2D eigenvalue weighted by atomic mass is 15.3. The Balaban J connectivity index is 1.62. The molecule has 1 atom stereocenters. The third kappa shape index (κ3) is 2.30. The summed E-state index contributed by atoms with van der Waals surface area (Å²) in [4.78, 5) is 22.9. The van der Waals surface area contributed by atoms with Gasteiger partial charge >= 0.3 is 0 Å². The number of aromatic nitrogens is 5. The van der Waals surface area contributed by atoms with E-state index in [4.69, 9.17) is 4.98 Å². The van der Waals surface area contributed by atoms with Crippen molar-refractivity contribution in [1.82, 2.24) is 24.9 Å². The second-order valence-electron chi connectivity index (χ2n) is 5.82. The molecule has 2 aromatic heterocycles. The predicted molar refractivity (Wildman–Crippen MR) is 84.8 cm³/mol. The van der Waals surface area contributed by atoms with Gasteiger partial charge in [-0.1, -0.05) is 12.1 Å². The summed E-state index contributed by atoms with van der Waals surface area (Å²) < 4.78 is 0. The van der Waals surface area contributed by atoms with E-state index in [9.17, 15) is 0 Å². The molecule has 3 aromatic rings. The van der Waals surface area contributed by atoms with Crippen LogP contribution in [0.1, 0.15) is 30.1 Å². The summed E-state index contributed by atoms with van der Waals surface area (Å²) in [5.74, 6) is 2.22. The number of aryl methyl sites for hydroxylation is 1. The van der Waals surface area contributed by atoms with Gasteiger partial charge in [0.1, 0.15) is 18.5 Å². The molecule has 1 aliphatic rings. The van der Waals surface area contributed by atoms with Crippen LogP contribution in [0.5, 0.6) is 0 Å². The van der Waals surface area contributed by atoms with Crippen molar-refractivity contribution < 1.29 is 0 Å². The highest BCUT2D eigenvalue weighted by Gasteiger charge is 2.25. The molecule has 1 fully saturated rings. The molecular formula is C16H18N6. The molecule has 0 saturated carbocycles. The number of hydrogen-bond acceptors (Lipinski definition) is 5. The van der Waals surface area contributed by atoms with Gasteiger partial charge in [-0.3, -0.25) is 0 Å². The molecule has 0 bridgehead atoms. The van der Waals surface area contributed by atoms with Crippen molar-refractivity contribution in [3.63, 3.8) is 0 Å². The van der Waals surface area contributed by atoms with Gasteiger partial charge in [-0.25, -0.2) is 19.9 Å². The second-order valence-corrected chi connectivity index (χ2v) is 5.82. The predicted octanol–water partition coefficient (Wildman–Crippen LogP) is 2.44. The molecule has 3 heterocycles. The molecule has 22 heavy (non-hydrogen) atoms. The minimum Gasteiger partial charge on any atom is -0.342 e. The van der Waals surface area contributed by atoms with E-state index in [1.54, 1.807) is 12.7 Å². The van der Waals surface area contributed by atoms with Gasteiger partial charge in [0, 0.05) is 19.0 Å². The third-order valence-corrected chi connectivity index (χ3v) is 4.30. The van der Waals surface area contributed by atoms with Crippen molar-refractivity contribution in [3.05, 3.63) is 42.2 Å². The van der Waals surface area contributed by atoms with E-state index in [0.717, 1.165) is 48.7 Å². The monoisotopic (exact) mass is 294 g/mol. The van der Waals surface area contributed by atoms with Crippen LogP contribution < -0.4 is 4.90 Å². The van der Waals surface area contributed by atoms with Gasteiger partial charge < -0.3 is 9.88 Å². The lowest BCUT2D eigenvalue weighted by Gasteiger charge is -2.31. The fourth-order valence-electron chi connectivity index (χ4n) is 3.17. The summed E-state index contributed by atoms with van der Waals surface area (Å²) in [7, 11) is 0. The number of anilines is 1. The Bertz CT molecular complexity index is 782. The number of imidazole rings is 1. The molecule has 4 rings (SSSR count). The average molecular weight is 294 g/mol. The zero-order valence-electron chi connectivity index (χ0n) is 12.5. The van der Waals surface area contributed by atoms with Crippen LogP contribution in [-0.4, -0.2) is 38.0 Å². The number of piperidine rings is 1. The lowest BCUT2D eigenvalue weighted by molar-refractivity contribution is 0.488.